The van der Waals surface area contributed by atoms with Gasteiger partial charge in [0.2, 0.25) is 0 Å². The Hall–Kier alpha value is -2.08. The zero-order chi connectivity index (χ0) is 19.6. The van der Waals surface area contributed by atoms with Crippen molar-refractivity contribution in [2.45, 2.75) is 25.4 Å². The number of rotatable bonds is 7. The van der Waals surface area contributed by atoms with Crippen LogP contribution >= 0.6 is 23.2 Å². The number of hydrogen-bond acceptors (Lipinski definition) is 4. The lowest BCUT2D eigenvalue weighted by Gasteiger charge is -2.22. The third-order valence-electron chi connectivity index (χ3n) is 4.42. The molecule has 5 nitrogen and oxygen atoms in total. The fourth-order valence-corrected chi connectivity index (χ4v) is 3.72. The fourth-order valence-electron chi connectivity index (χ4n) is 3.26. The Kier molecular flexibility index (Phi) is 5.75. The molecule has 27 heavy (non-hydrogen) atoms. The number of carbonyl (C=O) groups is 2. The van der Waals surface area contributed by atoms with Crippen LogP contribution in [0.1, 0.15) is 25.3 Å². The first-order valence-electron chi connectivity index (χ1n) is 8.54. The van der Waals surface area contributed by atoms with Gasteiger partial charge in [0.1, 0.15) is 11.5 Å². The average Bonchev–Trinajstić information content (AvgIpc) is 2.81. The van der Waals surface area contributed by atoms with Gasteiger partial charge in [-0.05, 0) is 37.6 Å². The molecule has 1 atom stereocenters. The summed E-state index contributed by atoms with van der Waals surface area (Å²) in [6.07, 6.45) is 0.283. The van der Waals surface area contributed by atoms with E-state index < -0.39 is 11.5 Å². The summed E-state index contributed by atoms with van der Waals surface area (Å²) in [7, 11) is 0. The smallest absolute Gasteiger partial charge is 0.264 e. The van der Waals surface area contributed by atoms with Gasteiger partial charge in [-0.2, -0.15) is 0 Å². The maximum atomic E-state index is 12.8. The molecule has 0 saturated carbocycles. The number of ketones is 1. The molecule has 1 aliphatic rings. The quantitative estimate of drug-likeness (QED) is 0.704. The summed E-state index contributed by atoms with van der Waals surface area (Å²) in [6.45, 7) is 2.04. The second-order valence-electron chi connectivity index (χ2n) is 6.49. The number of anilines is 1. The lowest BCUT2D eigenvalue weighted by Crippen LogP contribution is -2.42. The zero-order valence-electron chi connectivity index (χ0n) is 14.7. The van der Waals surface area contributed by atoms with Gasteiger partial charge in [0.05, 0.1) is 17.3 Å². The number of aliphatic hydroxyl groups is 1. The molecular weight excluding hydrogens is 389 g/mol. The van der Waals surface area contributed by atoms with Crippen molar-refractivity contribution in [1.82, 2.24) is 0 Å². The van der Waals surface area contributed by atoms with Crippen LogP contribution in [-0.4, -0.2) is 29.9 Å². The number of carbonyl (C=O) groups excluding carboxylic acids is 2. The molecule has 0 radical (unpaired) electrons. The van der Waals surface area contributed by atoms with Gasteiger partial charge in [-0.25, -0.2) is 0 Å². The van der Waals surface area contributed by atoms with Crippen LogP contribution in [0, 0.1) is 0 Å². The van der Waals surface area contributed by atoms with Gasteiger partial charge in [0.15, 0.2) is 5.60 Å². The Morgan fingerprint density at radius 2 is 1.96 bits per heavy atom. The van der Waals surface area contributed by atoms with Crippen LogP contribution in [-0.2, 0) is 15.2 Å². The highest BCUT2D eigenvalue weighted by Gasteiger charge is 2.49. The molecule has 1 N–H and O–H groups in total. The summed E-state index contributed by atoms with van der Waals surface area (Å²) in [5.74, 6) is -0.214. The van der Waals surface area contributed by atoms with Gasteiger partial charge < -0.3 is 14.7 Å². The summed E-state index contributed by atoms with van der Waals surface area (Å²) in [5.41, 5.74) is -0.717. The third kappa shape index (κ3) is 3.95. The van der Waals surface area contributed by atoms with Crippen molar-refractivity contribution in [2.24, 2.45) is 0 Å². The first-order valence-corrected chi connectivity index (χ1v) is 9.29. The molecule has 0 aromatic heterocycles. The van der Waals surface area contributed by atoms with E-state index in [1.165, 1.54) is 11.8 Å². The van der Waals surface area contributed by atoms with Crippen LogP contribution in [0.5, 0.6) is 5.75 Å². The third-order valence-corrected chi connectivity index (χ3v) is 4.95. The maximum Gasteiger partial charge on any atom is 0.264 e. The predicted molar refractivity (Wildman–Crippen MR) is 105 cm³/mol. The van der Waals surface area contributed by atoms with Crippen LogP contribution in [0.15, 0.2) is 42.5 Å². The first kappa shape index (κ1) is 19.7. The Morgan fingerprint density at radius 1 is 1.22 bits per heavy atom. The van der Waals surface area contributed by atoms with Gasteiger partial charge in [-0.1, -0.05) is 41.4 Å². The lowest BCUT2D eigenvalue weighted by molar-refractivity contribution is -0.141. The fraction of sp³-hybridized carbons (Fsp3) is 0.300. The van der Waals surface area contributed by atoms with E-state index in [2.05, 4.69) is 0 Å². The number of fused-ring (bicyclic) bond motifs is 1. The van der Waals surface area contributed by atoms with Crippen LogP contribution in [0.3, 0.4) is 0 Å². The van der Waals surface area contributed by atoms with E-state index in [0.29, 0.717) is 46.6 Å². The lowest BCUT2D eigenvalue weighted by atomic mass is 9.90. The summed E-state index contributed by atoms with van der Waals surface area (Å²) in [5, 5.41) is 11.8. The molecule has 7 heteroatoms. The normalized spacial score (nSPS) is 18.5. The highest BCUT2D eigenvalue weighted by molar-refractivity contribution is 6.35. The van der Waals surface area contributed by atoms with Crippen molar-refractivity contribution < 1.29 is 19.4 Å². The van der Waals surface area contributed by atoms with E-state index in [1.807, 2.05) is 0 Å². The Bertz CT molecular complexity index is 886. The van der Waals surface area contributed by atoms with E-state index in [1.54, 1.807) is 42.5 Å². The topological polar surface area (TPSA) is 66.8 Å². The Balaban J connectivity index is 1.68. The SMILES string of the molecule is CC(=O)CC1(O)C(=O)N(CCCOc2ccc(Cl)cc2Cl)c2ccccc21. The predicted octanol–water partition coefficient (Wildman–Crippen LogP) is 3.98. The van der Waals surface area contributed by atoms with Crippen molar-refractivity contribution in [2.75, 3.05) is 18.1 Å². The number of nitrogens with zero attached hydrogens (tertiary/aromatic N) is 1. The number of hydrogen-bond donors (Lipinski definition) is 1. The maximum absolute atomic E-state index is 12.8. The van der Waals surface area contributed by atoms with Crippen molar-refractivity contribution >= 4 is 40.6 Å². The molecule has 0 spiro atoms. The second-order valence-corrected chi connectivity index (χ2v) is 7.33. The molecule has 1 amide bonds. The Labute approximate surface area is 167 Å². The molecule has 0 bridgehead atoms. The van der Waals surface area contributed by atoms with E-state index in [-0.39, 0.29) is 12.2 Å². The molecule has 0 saturated heterocycles. The minimum Gasteiger partial charge on any atom is -0.492 e. The van der Waals surface area contributed by atoms with Crippen molar-refractivity contribution in [3.63, 3.8) is 0 Å². The summed E-state index contributed by atoms with van der Waals surface area (Å²) in [6, 6.07) is 12.0. The monoisotopic (exact) mass is 407 g/mol. The minimum absolute atomic E-state index is 0.240. The van der Waals surface area contributed by atoms with Gasteiger partial charge in [0.25, 0.3) is 5.91 Å². The molecule has 1 aliphatic heterocycles. The molecule has 2 aromatic rings. The molecule has 2 aromatic carbocycles. The molecular formula is C20H19Cl2NO4. The molecule has 1 heterocycles. The summed E-state index contributed by atoms with van der Waals surface area (Å²) < 4.78 is 5.65. The van der Waals surface area contributed by atoms with Crippen LogP contribution < -0.4 is 9.64 Å². The van der Waals surface area contributed by atoms with Gasteiger partial charge in [-0.15, -0.1) is 0 Å². The average molecular weight is 408 g/mol. The number of benzene rings is 2. The zero-order valence-corrected chi connectivity index (χ0v) is 16.3. The minimum atomic E-state index is -1.80. The summed E-state index contributed by atoms with van der Waals surface area (Å²) in [4.78, 5) is 25.9. The largest absolute Gasteiger partial charge is 0.492 e. The summed E-state index contributed by atoms with van der Waals surface area (Å²) >= 11 is 11.9. The van der Waals surface area contributed by atoms with Gasteiger partial charge in [-0.3, -0.25) is 9.59 Å². The van der Waals surface area contributed by atoms with E-state index in [4.69, 9.17) is 27.9 Å². The van der Waals surface area contributed by atoms with Crippen molar-refractivity contribution in [1.29, 1.82) is 0 Å². The van der Waals surface area contributed by atoms with E-state index >= 15 is 0 Å². The highest BCUT2D eigenvalue weighted by Crippen LogP contribution is 2.42. The molecule has 1 unspecified atom stereocenters. The highest BCUT2D eigenvalue weighted by atomic mass is 35.5. The molecule has 142 valence electrons. The number of amides is 1. The van der Waals surface area contributed by atoms with Gasteiger partial charge >= 0.3 is 0 Å². The van der Waals surface area contributed by atoms with Crippen LogP contribution in [0.4, 0.5) is 5.69 Å². The molecule has 0 fully saturated rings. The number of halogens is 2. The Morgan fingerprint density at radius 3 is 2.67 bits per heavy atom. The molecule has 3 rings (SSSR count). The van der Waals surface area contributed by atoms with E-state index in [0.717, 1.165) is 0 Å². The number of para-hydroxylation sites is 1. The van der Waals surface area contributed by atoms with Crippen LogP contribution in [0.25, 0.3) is 0 Å². The number of Topliss-reactive ketones (excluding diaryl/α,β-unsaturated/α-hetero) is 1. The van der Waals surface area contributed by atoms with Gasteiger partial charge in [0, 0.05) is 23.6 Å². The standard InChI is InChI=1S/C20H19Cl2NO4/c1-13(24)12-20(26)15-5-2-3-6-17(15)23(19(20)25)9-4-10-27-18-8-7-14(21)11-16(18)22/h2-3,5-8,11,26H,4,9-10,12H2,1H3. The van der Waals surface area contributed by atoms with Crippen LogP contribution in [0.2, 0.25) is 10.0 Å². The van der Waals surface area contributed by atoms with E-state index in [9.17, 15) is 14.7 Å². The molecule has 0 aliphatic carbocycles. The number of ether oxygens (including phenoxy) is 1. The van der Waals surface area contributed by atoms with Crippen molar-refractivity contribution in [3.05, 3.63) is 58.1 Å². The first-order chi connectivity index (χ1) is 12.8. The second kappa shape index (κ2) is 7.89. The van der Waals surface area contributed by atoms with Crippen molar-refractivity contribution in [3.8, 4) is 5.75 Å².